The van der Waals surface area contributed by atoms with Crippen LogP contribution in [0.15, 0.2) is 47.0 Å². The molecular weight excluding hydrogens is 366 g/mol. The number of rotatable bonds is 6. The second kappa shape index (κ2) is 8.05. The van der Waals surface area contributed by atoms with E-state index in [1.807, 2.05) is 36.4 Å². The van der Waals surface area contributed by atoms with E-state index in [1.54, 1.807) is 20.0 Å². The zero-order valence-electron chi connectivity index (χ0n) is 15.2. The van der Waals surface area contributed by atoms with Crippen LogP contribution in [0.3, 0.4) is 0 Å². The smallest absolute Gasteiger partial charge is 0.267 e. The summed E-state index contributed by atoms with van der Waals surface area (Å²) in [6.07, 6.45) is 0. The Labute approximate surface area is 160 Å². The molecule has 0 bridgehead atoms. The number of aryl methyl sites for hydroxylation is 1. The number of nitrogens with one attached hydrogen (secondary N) is 1. The van der Waals surface area contributed by atoms with Gasteiger partial charge in [-0.2, -0.15) is 0 Å². The summed E-state index contributed by atoms with van der Waals surface area (Å²) < 4.78 is 10.3. The largest absolute Gasteiger partial charge is 0.495 e. The molecule has 8 heteroatoms. The second-order valence-corrected chi connectivity index (χ2v) is 6.96. The number of carbonyl (C=O) groups is 2. The van der Waals surface area contributed by atoms with E-state index in [4.69, 9.17) is 9.26 Å². The monoisotopic (exact) mass is 385 g/mol. The van der Waals surface area contributed by atoms with Crippen LogP contribution in [0.1, 0.15) is 15.4 Å². The average molecular weight is 385 g/mol. The first kappa shape index (κ1) is 18.7. The van der Waals surface area contributed by atoms with Gasteiger partial charge in [-0.15, -0.1) is 11.3 Å². The summed E-state index contributed by atoms with van der Waals surface area (Å²) in [6.45, 7) is 1.61. The molecule has 0 atom stereocenters. The molecule has 27 heavy (non-hydrogen) atoms. The number of hydrogen-bond acceptors (Lipinski definition) is 6. The third-order valence-corrected chi connectivity index (χ3v) is 4.95. The maximum Gasteiger partial charge on any atom is 0.267 e. The van der Waals surface area contributed by atoms with Gasteiger partial charge in [0, 0.05) is 18.0 Å². The minimum Gasteiger partial charge on any atom is -0.495 e. The number of benzene rings is 1. The van der Waals surface area contributed by atoms with E-state index in [1.165, 1.54) is 23.3 Å². The highest BCUT2D eigenvalue weighted by Crippen LogP contribution is 2.36. The topological polar surface area (TPSA) is 84.7 Å². The van der Waals surface area contributed by atoms with E-state index in [2.05, 4.69) is 10.5 Å². The molecule has 3 aromatic rings. The van der Waals surface area contributed by atoms with Crippen LogP contribution in [-0.2, 0) is 4.79 Å². The lowest BCUT2D eigenvalue weighted by atomic mass is 10.2. The van der Waals surface area contributed by atoms with E-state index in [0.29, 0.717) is 22.2 Å². The van der Waals surface area contributed by atoms with Crippen LogP contribution >= 0.6 is 11.3 Å². The summed E-state index contributed by atoms with van der Waals surface area (Å²) in [5, 5.41) is 6.30. The van der Waals surface area contributed by atoms with Crippen molar-refractivity contribution < 1.29 is 18.8 Å². The number of methoxy groups -OCH3 is 1. The summed E-state index contributed by atoms with van der Waals surface area (Å²) in [5.74, 6) is 0.747. The molecule has 0 aliphatic carbocycles. The van der Waals surface area contributed by atoms with Gasteiger partial charge in [-0.25, -0.2) is 0 Å². The molecule has 0 unspecified atom stereocenters. The minimum absolute atomic E-state index is 0.119. The molecule has 7 nitrogen and oxygen atoms in total. The molecule has 0 aliphatic heterocycles. The average Bonchev–Trinajstić information content (AvgIpc) is 3.27. The fourth-order valence-corrected chi connectivity index (χ4v) is 3.61. The molecule has 2 amide bonds. The molecule has 1 aromatic carbocycles. The molecule has 140 valence electrons. The van der Waals surface area contributed by atoms with Gasteiger partial charge < -0.3 is 19.5 Å². The molecule has 0 saturated carbocycles. The van der Waals surface area contributed by atoms with Crippen LogP contribution in [0.2, 0.25) is 0 Å². The van der Waals surface area contributed by atoms with Crippen LogP contribution < -0.4 is 10.1 Å². The molecular formula is C19H19N3O4S. The van der Waals surface area contributed by atoms with Crippen LogP contribution in [-0.4, -0.2) is 42.6 Å². The van der Waals surface area contributed by atoms with E-state index in [9.17, 15) is 9.59 Å². The van der Waals surface area contributed by atoms with Crippen molar-refractivity contribution in [2.75, 3.05) is 26.0 Å². The van der Waals surface area contributed by atoms with Crippen LogP contribution in [0.4, 0.5) is 5.82 Å². The highest BCUT2D eigenvalue weighted by atomic mass is 32.1. The summed E-state index contributed by atoms with van der Waals surface area (Å²) in [6, 6.07) is 13.2. The SMILES string of the molecule is COc1cc(-c2ccccc2)sc1C(=O)N(C)CC(=O)Nc1cc(C)on1. The van der Waals surface area contributed by atoms with Gasteiger partial charge in [-0.3, -0.25) is 9.59 Å². The van der Waals surface area contributed by atoms with Crippen LogP contribution in [0.5, 0.6) is 5.75 Å². The Kier molecular flexibility index (Phi) is 5.56. The molecule has 0 saturated heterocycles. The first-order valence-corrected chi connectivity index (χ1v) is 9.01. The van der Waals surface area contributed by atoms with Crippen molar-refractivity contribution in [3.63, 3.8) is 0 Å². The van der Waals surface area contributed by atoms with Crippen molar-refractivity contribution in [3.05, 3.63) is 53.1 Å². The van der Waals surface area contributed by atoms with E-state index < -0.39 is 0 Å². The summed E-state index contributed by atoms with van der Waals surface area (Å²) >= 11 is 1.33. The first-order valence-electron chi connectivity index (χ1n) is 8.20. The van der Waals surface area contributed by atoms with Crippen molar-refractivity contribution in [2.45, 2.75) is 6.92 Å². The quantitative estimate of drug-likeness (QED) is 0.703. The van der Waals surface area contributed by atoms with Gasteiger partial charge in [0.05, 0.1) is 13.7 Å². The van der Waals surface area contributed by atoms with Crippen molar-refractivity contribution in [2.24, 2.45) is 0 Å². The van der Waals surface area contributed by atoms with Gasteiger partial charge in [-0.1, -0.05) is 35.5 Å². The number of ether oxygens (including phenoxy) is 1. The number of nitrogens with zero attached hydrogens (tertiary/aromatic N) is 2. The number of hydrogen-bond donors (Lipinski definition) is 1. The van der Waals surface area contributed by atoms with Crippen molar-refractivity contribution >= 4 is 29.0 Å². The van der Waals surface area contributed by atoms with E-state index in [-0.39, 0.29) is 18.4 Å². The third-order valence-electron chi connectivity index (χ3n) is 3.79. The molecule has 0 spiro atoms. The highest BCUT2D eigenvalue weighted by Gasteiger charge is 2.23. The van der Waals surface area contributed by atoms with Gasteiger partial charge in [0.25, 0.3) is 5.91 Å². The number of carbonyl (C=O) groups excluding carboxylic acids is 2. The predicted octanol–water partition coefficient (Wildman–Crippen LogP) is 3.43. The van der Waals surface area contributed by atoms with E-state index in [0.717, 1.165) is 10.4 Å². The lowest BCUT2D eigenvalue weighted by molar-refractivity contribution is -0.116. The first-order chi connectivity index (χ1) is 13.0. The molecule has 2 aromatic heterocycles. The summed E-state index contributed by atoms with van der Waals surface area (Å²) in [4.78, 5) is 27.6. The Bertz CT molecular complexity index is 949. The van der Waals surface area contributed by atoms with Gasteiger partial charge in [0.2, 0.25) is 5.91 Å². The van der Waals surface area contributed by atoms with Gasteiger partial charge in [0.15, 0.2) is 5.82 Å². The maximum absolute atomic E-state index is 12.8. The van der Waals surface area contributed by atoms with E-state index >= 15 is 0 Å². The third kappa shape index (κ3) is 4.35. The predicted molar refractivity (Wildman–Crippen MR) is 103 cm³/mol. The number of anilines is 1. The van der Waals surface area contributed by atoms with Crippen LogP contribution in [0.25, 0.3) is 10.4 Å². The Balaban J connectivity index is 1.72. The van der Waals surface area contributed by atoms with Crippen molar-refractivity contribution in [1.82, 2.24) is 10.1 Å². The molecule has 2 heterocycles. The fraction of sp³-hybridized carbons (Fsp3) is 0.211. The lowest BCUT2D eigenvalue weighted by Gasteiger charge is -2.16. The summed E-state index contributed by atoms with van der Waals surface area (Å²) in [5.41, 5.74) is 1.00. The number of likely N-dealkylation sites (N-methyl/N-ethyl adjacent to an activating group) is 1. The number of amides is 2. The Morgan fingerprint density at radius 2 is 2.00 bits per heavy atom. The molecule has 0 radical (unpaired) electrons. The molecule has 0 aliphatic rings. The zero-order chi connectivity index (χ0) is 19.4. The number of thiophene rings is 1. The van der Waals surface area contributed by atoms with Gasteiger partial charge in [-0.05, 0) is 18.6 Å². The lowest BCUT2D eigenvalue weighted by Crippen LogP contribution is -2.34. The standard InChI is InChI=1S/C19H19N3O4S/c1-12-9-16(21-26-12)20-17(23)11-22(2)19(24)18-14(25-3)10-15(27-18)13-7-5-4-6-8-13/h4-10H,11H2,1-3H3,(H,20,21,23). The molecule has 1 N–H and O–H groups in total. The minimum atomic E-state index is -0.363. The van der Waals surface area contributed by atoms with Gasteiger partial charge in [0.1, 0.15) is 16.4 Å². The fourth-order valence-electron chi connectivity index (χ4n) is 2.49. The second-order valence-electron chi connectivity index (χ2n) is 5.91. The highest BCUT2D eigenvalue weighted by molar-refractivity contribution is 7.17. The normalized spacial score (nSPS) is 10.5. The maximum atomic E-state index is 12.8. The Hall–Kier alpha value is -3.13. The summed E-state index contributed by atoms with van der Waals surface area (Å²) in [7, 11) is 3.09. The Morgan fingerprint density at radius 3 is 2.63 bits per heavy atom. The van der Waals surface area contributed by atoms with Crippen LogP contribution in [0, 0.1) is 6.92 Å². The van der Waals surface area contributed by atoms with Gasteiger partial charge >= 0.3 is 0 Å². The molecule has 3 rings (SSSR count). The molecule has 0 fully saturated rings. The van der Waals surface area contributed by atoms with Crippen molar-refractivity contribution in [1.29, 1.82) is 0 Å². The zero-order valence-corrected chi connectivity index (χ0v) is 16.0. The Morgan fingerprint density at radius 1 is 1.26 bits per heavy atom. The number of aromatic nitrogens is 1. The van der Waals surface area contributed by atoms with Crippen molar-refractivity contribution in [3.8, 4) is 16.2 Å².